The number of carbonyl (C=O) groups excluding carboxylic acids is 1. The van der Waals surface area contributed by atoms with Crippen molar-refractivity contribution < 1.29 is 19.0 Å². The van der Waals surface area contributed by atoms with E-state index in [1.165, 1.54) is 11.8 Å². The van der Waals surface area contributed by atoms with Crippen LogP contribution in [-0.4, -0.2) is 70.6 Å². The van der Waals surface area contributed by atoms with Crippen LogP contribution in [0, 0.1) is 0 Å². The van der Waals surface area contributed by atoms with Crippen molar-refractivity contribution in [3.8, 4) is 5.75 Å². The maximum absolute atomic E-state index is 15.0. The summed E-state index contributed by atoms with van der Waals surface area (Å²) in [4.78, 5) is 22.4. The molecule has 10 heteroatoms. The first-order valence-corrected chi connectivity index (χ1v) is 12.6. The largest absolute Gasteiger partial charge is 0.497 e. The summed E-state index contributed by atoms with van der Waals surface area (Å²) in [5.41, 5.74) is 3.15. The zero-order valence-electron chi connectivity index (χ0n) is 19.4. The third kappa shape index (κ3) is 5.40. The lowest BCUT2D eigenvalue weighted by Gasteiger charge is -2.36. The van der Waals surface area contributed by atoms with Gasteiger partial charge in [0.15, 0.2) is 0 Å². The van der Waals surface area contributed by atoms with Gasteiger partial charge < -0.3 is 20.5 Å². The minimum atomic E-state index is -1.06. The van der Waals surface area contributed by atoms with Crippen molar-refractivity contribution in [3.05, 3.63) is 53.9 Å². The lowest BCUT2D eigenvalue weighted by atomic mass is 10.00. The summed E-state index contributed by atoms with van der Waals surface area (Å²) in [5, 5.41) is 18.7. The lowest BCUT2D eigenvalue weighted by molar-refractivity contribution is -0.113. The topological polar surface area (TPSA) is 99.6 Å². The van der Waals surface area contributed by atoms with E-state index >= 15 is 4.39 Å². The zero-order chi connectivity index (χ0) is 24.4. The van der Waals surface area contributed by atoms with Crippen molar-refractivity contribution in [1.82, 2.24) is 20.2 Å². The highest BCUT2D eigenvalue weighted by molar-refractivity contribution is 8.00. The number of alkyl halides is 1. The number of ether oxygens (including phenoxy) is 1. The Morgan fingerprint density at radius 2 is 2.23 bits per heavy atom. The molecule has 1 aromatic carbocycles. The van der Waals surface area contributed by atoms with Crippen LogP contribution in [0.2, 0.25) is 0 Å². The van der Waals surface area contributed by atoms with Gasteiger partial charge in [0, 0.05) is 43.5 Å². The van der Waals surface area contributed by atoms with Crippen molar-refractivity contribution in [2.45, 2.75) is 36.3 Å². The highest BCUT2D eigenvalue weighted by Crippen LogP contribution is 2.30. The van der Waals surface area contributed by atoms with Gasteiger partial charge in [0.05, 0.1) is 30.2 Å². The quantitative estimate of drug-likeness (QED) is 0.458. The summed E-state index contributed by atoms with van der Waals surface area (Å²) in [7, 11) is 1.60. The molecule has 2 aliphatic heterocycles. The van der Waals surface area contributed by atoms with Gasteiger partial charge in [-0.3, -0.25) is 14.7 Å². The Hall–Kier alpha value is -2.79. The van der Waals surface area contributed by atoms with E-state index in [2.05, 4.69) is 20.6 Å². The molecule has 0 saturated carbocycles. The van der Waals surface area contributed by atoms with Crippen molar-refractivity contribution in [2.75, 3.05) is 37.8 Å². The number of aliphatic hydroxyl groups excluding tert-OH is 1. The molecule has 0 radical (unpaired) electrons. The van der Waals surface area contributed by atoms with Gasteiger partial charge in [-0.05, 0) is 54.4 Å². The normalized spacial score (nSPS) is 21.4. The second kappa shape index (κ2) is 10.4. The molecule has 2 aliphatic rings. The number of benzene rings is 1. The Morgan fingerprint density at radius 1 is 1.34 bits per heavy atom. The van der Waals surface area contributed by atoms with Crippen LogP contribution in [0.1, 0.15) is 23.7 Å². The highest BCUT2D eigenvalue weighted by Gasteiger charge is 2.30. The van der Waals surface area contributed by atoms with E-state index in [0.717, 1.165) is 27.1 Å². The molecule has 1 amide bonds. The predicted molar refractivity (Wildman–Crippen MR) is 133 cm³/mol. The fourth-order valence-electron chi connectivity index (χ4n) is 4.64. The van der Waals surface area contributed by atoms with E-state index < -0.39 is 12.3 Å². The maximum Gasteiger partial charge on any atom is 0.234 e. The van der Waals surface area contributed by atoms with Crippen molar-refractivity contribution >= 4 is 34.3 Å². The molecule has 4 heterocycles. The summed E-state index contributed by atoms with van der Waals surface area (Å²) in [6, 6.07) is 8.99. The first-order valence-electron chi connectivity index (χ1n) is 11.6. The van der Waals surface area contributed by atoms with E-state index in [1.54, 1.807) is 25.6 Å². The third-order valence-corrected chi connectivity index (χ3v) is 7.49. The molecular formula is C25H28FN5O3S. The summed E-state index contributed by atoms with van der Waals surface area (Å²) in [6.07, 6.45) is 2.25. The number of anilines is 1. The van der Waals surface area contributed by atoms with Gasteiger partial charge in [-0.2, -0.15) is 0 Å². The van der Waals surface area contributed by atoms with Crippen LogP contribution in [0.3, 0.4) is 0 Å². The van der Waals surface area contributed by atoms with Crippen LogP contribution >= 0.6 is 11.8 Å². The molecule has 0 spiro atoms. The molecule has 1 fully saturated rings. The van der Waals surface area contributed by atoms with Crippen molar-refractivity contribution in [3.63, 3.8) is 0 Å². The van der Waals surface area contributed by atoms with Crippen LogP contribution in [-0.2, 0) is 11.3 Å². The Labute approximate surface area is 207 Å². The van der Waals surface area contributed by atoms with Crippen LogP contribution in [0.4, 0.5) is 10.1 Å². The maximum atomic E-state index is 15.0. The number of aliphatic hydroxyl groups is 1. The van der Waals surface area contributed by atoms with Crippen LogP contribution in [0.15, 0.2) is 47.8 Å². The second-order valence-corrected chi connectivity index (χ2v) is 9.85. The van der Waals surface area contributed by atoms with E-state index in [-0.39, 0.29) is 18.5 Å². The molecule has 8 nitrogen and oxygen atoms in total. The number of halogens is 1. The molecule has 3 N–H and O–H groups in total. The summed E-state index contributed by atoms with van der Waals surface area (Å²) < 4.78 is 20.4. The molecule has 0 aliphatic carbocycles. The van der Waals surface area contributed by atoms with Gasteiger partial charge >= 0.3 is 0 Å². The first kappa shape index (κ1) is 23.9. The molecule has 35 heavy (non-hydrogen) atoms. The number of thioether (sulfide) groups is 1. The number of piperidine rings is 1. The molecule has 3 atom stereocenters. The smallest absolute Gasteiger partial charge is 0.234 e. The van der Waals surface area contributed by atoms with Crippen molar-refractivity contribution in [2.24, 2.45) is 0 Å². The number of hydrogen-bond donors (Lipinski definition) is 3. The van der Waals surface area contributed by atoms with E-state index in [0.29, 0.717) is 43.2 Å². The van der Waals surface area contributed by atoms with Gasteiger partial charge in [-0.1, -0.05) is 11.8 Å². The summed E-state index contributed by atoms with van der Waals surface area (Å²) in [6.45, 7) is 1.74. The van der Waals surface area contributed by atoms with Crippen molar-refractivity contribution in [1.29, 1.82) is 0 Å². The Balaban J connectivity index is 1.17. The summed E-state index contributed by atoms with van der Waals surface area (Å²) >= 11 is 1.42. The van der Waals surface area contributed by atoms with E-state index in [9.17, 15) is 9.90 Å². The minimum absolute atomic E-state index is 0.0355. The molecule has 1 saturated heterocycles. The monoisotopic (exact) mass is 497 g/mol. The number of pyridine rings is 2. The minimum Gasteiger partial charge on any atom is -0.497 e. The highest BCUT2D eigenvalue weighted by atomic mass is 32.2. The number of amides is 1. The number of likely N-dealkylation sites (tertiary alicyclic amines) is 1. The molecule has 2 aromatic heterocycles. The Bertz CT molecular complexity index is 1230. The number of rotatable bonds is 7. The molecule has 5 rings (SSSR count). The molecular weight excluding hydrogens is 469 g/mol. The molecule has 184 valence electrons. The number of methoxy groups -OCH3 is 1. The number of hydrogen-bond acceptors (Lipinski definition) is 8. The molecule has 0 bridgehead atoms. The number of nitrogens with zero attached hydrogens (tertiary/aromatic N) is 3. The average Bonchev–Trinajstić information content (AvgIpc) is 2.87. The first-order chi connectivity index (χ1) is 17.0. The second-order valence-electron chi connectivity index (χ2n) is 8.88. The summed E-state index contributed by atoms with van der Waals surface area (Å²) in [5.74, 6) is 1.04. The van der Waals surface area contributed by atoms with Gasteiger partial charge in [0.1, 0.15) is 16.9 Å². The van der Waals surface area contributed by atoms with E-state index in [1.807, 2.05) is 29.2 Å². The number of fused-ring (bicyclic) bond motifs is 2. The number of nitrogens with one attached hydrogen (secondary N) is 2. The number of β-amino-alcohol motifs (C(OH)–C–C–N with tert-alkyl or cyclic N) is 1. The Kier molecular flexibility index (Phi) is 7.14. The zero-order valence-corrected chi connectivity index (χ0v) is 20.2. The lowest BCUT2D eigenvalue weighted by Crippen LogP contribution is -2.51. The number of carbonyl (C=O) groups is 1. The standard InChI is InChI=1S/C25H28FN5O3S/c1-34-16-2-3-20-18(9-16)17(4-6-27-20)23(32)13-31-7-5-21(19(26)12-31)28-10-15-8-22-25(29-11-15)35-14-24(33)30-22/h2-4,6,8-9,11,19,21,23,28,32H,5,7,10,12-14H2,1H3,(H,30,33)/t19-,21+,23?/m1/s1. The van der Waals surface area contributed by atoms with Crippen LogP contribution < -0.4 is 15.4 Å². The van der Waals surface area contributed by atoms with Crippen LogP contribution in [0.5, 0.6) is 5.75 Å². The van der Waals surface area contributed by atoms with Gasteiger partial charge in [0.25, 0.3) is 0 Å². The predicted octanol–water partition coefficient (Wildman–Crippen LogP) is 2.92. The molecule has 1 unspecified atom stereocenters. The fourth-order valence-corrected chi connectivity index (χ4v) is 5.37. The van der Waals surface area contributed by atoms with Gasteiger partial charge in [-0.25, -0.2) is 9.37 Å². The van der Waals surface area contributed by atoms with Gasteiger partial charge in [0.2, 0.25) is 5.91 Å². The number of aromatic nitrogens is 2. The SMILES string of the molecule is COc1ccc2nccc(C(O)CN3CC[C@H](NCc4cnc5c(c4)NC(=O)CS5)[C@H](F)C3)c2c1. The molecule has 3 aromatic rings. The van der Waals surface area contributed by atoms with Gasteiger partial charge in [-0.15, -0.1) is 0 Å². The van der Waals surface area contributed by atoms with Crippen LogP contribution in [0.25, 0.3) is 10.9 Å². The average molecular weight is 498 g/mol. The third-order valence-electron chi connectivity index (χ3n) is 6.49. The fraction of sp³-hybridized carbons (Fsp3) is 0.400. The van der Waals surface area contributed by atoms with E-state index in [4.69, 9.17) is 4.74 Å². The Morgan fingerprint density at radius 3 is 3.06 bits per heavy atom.